The first-order valence-electron chi connectivity index (χ1n) is 4.72. The number of benzene rings is 1. The van der Waals surface area contributed by atoms with Crippen LogP contribution in [0.3, 0.4) is 0 Å². The van der Waals surface area contributed by atoms with Crippen molar-refractivity contribution in [3.8, 4) is 0 Å². The second-order valence-electron chi connectivity index (χ2n) is 3.41. The molecule has 0 bridgehead atoms. The molecule has 3 nitrogen and oxygen atoms in total. The minimum Gasteiger partial charge on any atom is -0.481 e. The second-order valence-corrected chi connectivity index (χ2v) is 4.29. The molecule has 0 radical (unpaired) electrons. The number of rotatable bonds is 5. The van der Waals surface area contributed by atoms with E-state index in [2.05, 4.69) is 0 Å². The van der Waals surface area contributed by atoms with Crippen LogP contribution in [-0.2, 0) is 11.2 Å². The summed E-state index contributed by atoms with van der Waals surface area (Å²) in [5.41, 5.74) is 6.78. The Morgan fingerprint density at radius 3 is 2.53 bits per heavy atom. The van der Waals surface area contributed by atoms with Crippen LogP contribution in [0.2, 0.25) is 0 Å². The Kier molecular flexibility index (Phi) is 4.65. The van der Waals surface area contributed by atoms with Crippen LogP contribution in [0.4, 0.5) is 0 Å². The zero-order chi connectivity index (χ0) is 11.3. The van der Waals surface area contributed by atoms with E-state index in [1.54, 1.807) is 11.8 Å². The summed E-state index contributed by atoms with van der Waals surface area (Å²) in [5.74, 6) is -0.844. The third-order valence-corrected chi connectivity index (χ3v) is 2.84. The molecule has 1 unspecified atom stereocenters. The highest BCUT2D eigenvalue weighted by molar-refractivity contribution is 7.98. The van der Waals surface area contributed by atoms with Crippen molar-refractivity contribution in [1.29, 1.82) is 0 Å². The van der Waals surface area contributed by atoms with E-state index in [9.17, 15) is 4.79 Å². The molecule has 0 saturated heterocycles. The molecule has 3 N–H and O–H groups in total. The number of thioether (sulfide) groups is 1. The zero-order valence-electron chi connectivity index (χ0n) is 8.64. The number of hydrogen-bond donors (Lipinski definition) is 2. The van der Waals surface area contributed by atoms with Crippen LogP contribution in [0, 0.1) is 0 Å². The van der Waals surface area contributed by atoms with Gasteiger partial charge in [0.25, 0.3) is 0 Å². The number of carbonyl (C=O) groups is 1. The van der Waals surface area contributed by atoms with E-state index in [0.717, 1.165) is 5.56 Å². The molecule has 0 saturated carbocycles. The number of aliphatic carboxylic acids is 1. The Morgan fingerprint density at radius 2 is 2.07 bits per heavy atom. The maximum absolute atomic E-state index is 10.4. The maximum Gasteiger partial charge on any atom is 0.304 e. The zero-order valence-corrected chi connectivity index (χ0v) is 9.46. The van der Waals surface area contributed by atoms with E-state index in [0.29, 0.717) is 6.42 Å². The molecule has 82 valence electrons. The van der Waals surface area contributed by atoms with E-state index in [-0.39, 0.29) is 12.5 Å². The molecule has 0 amide bonds. The summed E-state index contributed by atoms with van der Waals surface area (Å²) in [6.07, 6.45) is 2.65. The SMILES string of the molecule is CSc1ccc(CC(N)CC(=O)O)cc1. The van der Waals surface area contributed by atoms with Gasteiger partial charge in [-0.1, -0.05) is 12.1 Å². The summed E-state index contributed by atoms with van der Waals surface area (Å²) >= 11 is 1.68. The van der Waals surface area contributed by atoms with Crippen molar-refractivity contribution in [2.75, 3.05) is 6.26 Å². The third kappa shape index (κ3) is 4.36. The topological polar surface area (TPSA) is 63.3 Å². The molecule has 0 aliphatic rings. The van der Waals surface area contributed by atoms with Crippen LogP contribution in [0.25, 0.3) is 0 Å². The van der Waals surface area contributed by atoms with Gasteiger partial charge in [0.1, 0.15) is 0 Å². The monoisotopic (exact) mass is 225 g/mol. The highest BCUT2D eigenvalue weighted by Gasteiger charge is 2.08. The minimum atomic E-state index is -0.844. The van der Waals surface area contributed by atoms with Crippen LogP contribution < -0.4 is 5.73 Å². The van der Waals surface area contributed by atoms with Gasteiger partial charge in [0.05, 0.1) is 6.42 Å². The fraction of sp³-hybridized carbons (Fsp3) is 0.364. The molecule has 0 aliphatic carbocycles. The summed E-state index contributed by atoms with van der Waals surface area (Å²) < 4.78 is 0. The molecule has 0 heterocycles. The average molecular weight is 225 g/mol. The first-order valence-corrected chi connectivity index (χ1v) is 5.94. The van der Waals surface area contributed by atoms with Gasteiger partial charge in [-0.2, -0.15) is 0 Å². The molecule has 1 aromatic carbocycles. The summed E-state index contributed by atoms with van der Waals surface area (Å²) in [7, 11) is 0. The van der Waals surface area contributed by atoms with Crippen LogP contribution in [0.5, 0.6) is 0 Å². The van der Waals surface area contributed by atoms with Crippen LogP contribution in [0.15, 0.2) is 29.2 Å². The van der Waals surface area contributed by atoms with Gasteiger partial charge in [0.2, 0.25) is 0 Å². The van der Waals surface area contributed by atoms with Gasteiger partial charge in [-0.3, -0.25) is 4.79 Å². The smallest absolute Gasteiger partial charge is 0.304 e. The third-order valence-electron chi connectivity index (χ3n) is 2.09. The largest absolute Gasteiger partial charge is 0.481 e. The number of nitrogens with two attached hydrogens (primary N) is 1. The summed E-state index contributed by atoms with van der Waals surface area (Å²) in [4.78, 5) is 11.6. The first-order chi connectivity index (χ1) is 7.11. The standard InChI is InChI=1S/C11H15NO2S/c1-15-10-4-2-8(3-5-10)6-9(12)7-11(13)14/h2-5,9H,6-7,12H2,1H3,(H,13,14). The van der Waals surface area contributed by atoms with Crippen molar-refractivity contribution in [1.82, 2.24) is 0 Å². The lowest BCUT2D eigenvalue weighted by Gasteiger charge is -2.08. The fourth-order valence-electron chi connectivity index (χ4n) is 1.36. The quantitative estimate of drug-likeness (QED) is 0.749. The number of carboxylic acid groups (broad SMARTS) is 1. The Bertz CT molecular complexity index is 324. The number of carboxylic acids is 1. The predicted molar refractivity (Wildman–Crippen MR) is 62.2 cm³/mol. The minimum absolute atomic E-state index is 0.0181. The summed E-state index contributed by atoms with van der Waals surface area (Å²) in [6.45, 7) is 0. The average Bonchev–Trinajstić information content (AvgIpc) is 2.17. The van der Waals surface area contributed by atoms with Crippen molar-refractivity contribution in [2.24, 2.45) is 5.73 Å². The van der Waals surface area contributed by atoms with Gasteiger partial charge in [-0.05, 0) is 30.4 Å². The van der Waals surface area contributed by atoms with Gasteiger partial charge in [0.15, 0.2) is 0 Å². The maximum atomic E-state index is 10.4. The number of hydrogen-bond acceptors (Lipinski definition) is 3. The first kappa shape index (κ1) is 12.1. The molecule has 0 spiro atoms. The molecular weight excluding hydrogens is 210 g/mol. The lowest BCUT2D eigenvalue weighted by molar-refractivity contribution is -0.137. The molecule has 1 aromatic rings. The Morgan fingerprint density at radius 1 is 1.47 bits per heavy atom. The van der Waals surface area contributed by atoms with Crippen LogP contribution >= 0.6 is 11.8 Å². The highest BCUT2D eigenvalue weighted by atomic mass is 32.2. The predicted octanol–water partition coefficient (Wildman–Crippen LogP) is 1.75. The van der Waals surface area contributed by atoms with Crippen molar-refractivity contribution in [3.63, 3.8) is 0 Å². The molecule has 15 heavy (non-hydrogen) atoms. The molecule has 1 atom stereocenters. The Hall–Kier alpha value is -1.00. The van der Waals surface area contributed by atoms with Crippen LogP contribution in [0.1, 0.15) is 12.0 Å². The van der Waals surface area contributed by atoms with Gasteiger partial charge < -0.3 is 10.8 Å². The van der Waals surface area contributed by atoms with Crippen molar-refractivity contribution in [2.45, 2.75) is 23.8 Å². The van der Waals surface area contributed by atoms with E-state index >= 15 is 0 Å². The van der Waals surface area contributed by atoms with E-state index in [1.807, 2.05) is 30.5 Å². The lowest BCUT2D eigenvalue weighted by atomic mass is 10.0. The van der Waals surface area contributed by atoms with E-state index in [1.165, 1.54) is 4.90 Å². The van der Waals surface area contributed by atoms with Crippen molar-refractivity contribution < 1.29 is 9.90 Å². The summed E-state index contributed by atoms with van der Waals surface area (Å²) in [5, 5.41) is 8.56. The normalized spacial score (nSPS) is 12.4. The molecule has 4 heteroatoms. The van der Waals surface area contributed by atoms with Gasteiger partial charge in [-0.15, -0.1) is 11.8 Å². The molecule has 0 aromatic heterocycles. The summed E-state index contributed by atoms with van der Waals surface area (Å²) in [6, 6.07) is 7.73. The van der Waals surface area contributed by atoms with Crippen molar-refractivity contribution in [3.05, 3.63) is 29.8 Å². The lowest BCUT2D eigenvalue weighted by Crippen LogP contribution is -2.26. The molecule has 0 aliphatic heterocycles. The van der Waals surface area contributed by atoms with Crippen molar-refractivity contribution >= 4 is 17.7 Å². The molecule has 0 fully saturated rings. The van der Waals surface area contributed by atoms with Gasteiger partial charge >= 0.3 is 5.97 Å². The fourth-order valence-corrected chi connectivity index (χ4v) is 1.77. The molecule has 1 rings (SSSR count). The van der Waals surface area contributed by atoms with Gasteiger partial charge in [0, 0.05) is 10.9 Å². The molecular formula is C11H15NO2S. The van der Waals surface area contributed by atoms with Crippen LogP contribution in [-0.4, -0.2) is 23.4 Å². The highest BCUT2D eigenvalue weighted by Crippen LogP contribution is 2.15. The second kappa shape index (κ2) is 5.78. The van der Waals surface area contributed by atoms with E-state index in [4.69, 9.17) is 10.8 Å². The Balaban J connectivity index is 2.53. The van der Waals surface area contributed by atoms with Gasteiger partial charge in [-0.25, -0.2) is 0 Å². The van der Waals surface area contributed by atoms with E-state index < -0.39 is 5.97 Å². The Labute approximate surface area is 93.7 Å².